The Kier molecular flexibility index (Phi) is 20.3. The number of alkyl carbamates (subject to hydrolysis) is 1. The Hall–Kier alpha value is 0.1000. The summed E-state index contributed by atoms with van der Waals surface area (Å²) in [6.07, 6.45) is 7.91. The number of hydrogen-bond acceptors (Lipinski definition) is 7. The number of ether oxygens (including phenoxy) is 3. The fourth-order valence-electron chi connectivity index (χ4n) is 2.45. The first-order valence-electron chi connectivity index (χ1n) is 10.3. The van der Waals surface area contributed by atoms with Gasteiger partial charge in [0.1, 0.15) is 6.61 Å². The van der Waals surface area contributed by atoms with Crippen molar-refractivity contribution in [3.63, 3.8) is 0 Å². The normalized spacial score (nSPS) is 11.7. The van der Waals surface area contributed by atoms with Gasteiger partial charge in [0.25, 0.3) is 0 Å². The van der Waals surface area contributed by atoms with Crippen molar-refractivity contribution >= 4 is 16.2 Å². The fourth-order valence-corrected chi connectivity index (χ4v) is 2.94. The zero-order valence-electron chi connectivity index (χ0n) is 18.7. The van der Waals surface area contributed by atoms with Gasteiger partial charge in [-0.2, -0.15) is 0 Å². The van der Waals surface area contributed by atoms with Crippen LogP contribution in [0.5, 0.6) is 0 Å². The monoisotopic (exact) mass is 447 g/mol. The molecular formula is C19H38NNaO7S. The second kappa shape index (κ2) is 18.8. The Labute approximate surface area is 198 Å². The molecule has 0 saturated carbocycles. The van der Waals surface area contributed by atoms with E-state index in [0.717, 1.165) is 51.4 Å². The van der Waals surface area contributed by atoms with Gasteiger partial charge >= 0.3 is 35.7 Å². The second-order valence-corrected chi connectivity index (χ2v) is 8.59. The Bertz CT molecular complexity index is 489. The molecule has 0 aromatic rings. The van der Waals surface area contributed by atoms with Crippen molar-refractivity contribution in [1.29, 1.82) is 0 Å². The number of amides is 1. The van der Waals surface area contributed by atoms with Crippen LogP contribution in [0.1, 0.15) is 78.6 Å². The average Bonchev–Trinajstić information content (AvgIpc) is 2.63. The van der Waals surface area contributed by atoms with E-state index in [2.05, 4.69) is 19.2 Å². The summed E-state index contributed by atoms with van der Waals surface area (Å²) < 4.78 is 48.5. The van der Waals surface area contributed by atoms with Crippen LogP contribution >= 0.6 is 0 Å². The van der Waals surface area contributed by atoms with Gasteiger partial charge in [0.15, 0.2) is 5.79 Å². The quantitative estimate of drug-likeness (QED) is 0.141. The first-order chi connectivity index (χ1) is 13.2. The number of carbonyl (C=O) groups excluding carboxylic acids is 1. The number of rotatable bonds is 18. The SMILES string of the molecule is CCCCCCOC(C)(COC(=O)NCCCS(=O)(=O)[O-])OCCCCCC.[Na+]. The third-order valence-electron chi connectivity index (χ3n) is 4.12. The third kappa shape index (κ3) is 21.1. The van der Waals surface area contributed by atoms with Crippen LogP contribution in [0.4, 0.5) is 4.79 Å². The molecule has 8 nitrogen and oxygen atoms in total. The van der Waals surface area contributed by atoms with Gasteiger partial charge in [0.2, 0.25) is 0 Å². The molecule has 0 atom stereocenters. The van der Waals surface area contributed by atoms with E-state index >= 15 is 0 Å². The molecule has 0 rings (SSSR count). The van der Waals surface area contributed by atoms with E-state index in [4.69, 9.17) is 14.2 Å². The molecule has 0 spiro atoms. The van der Waals surface area contributed by atoms with Gasteiger partial charge in [-0.3, -0.25) is 0 Å². The molecule has 10 heteroatoms. The summed E-state index contributed by atoms with van der Waals surface area (Å²) in [7, 11) is -4.27. The van der Waals surface area contributed by atoms with Gasteiger partial charge in [0.05, 0.1) is 23.3 Å². The molecule has 0 aromatic heterocycles. The Morgan fingerprint density at radius 2 is 1.45 bits per heavy atom. The van der Waals surface area contributed by atoms with Crippen molar-refractivity contribution in [3.05, 3.63) is 0 Å². The summed E-state index contributed by atoms with van der Waals surface area (Å²) in [5, 5.41) is 2.42. The van der Waals surface area contributed by atoms with Gasteiger partial charge in [-0.15, -0.1) is 0 Å². The summed E-state index contributed by atoms with van der Waals surface area (Å²) in [5.41, 5.74) is 0. The number of unbranched alkanes of at least 4 members (excludes halogenated alkanes) is 6. The molecule has 0 aliphatic heterocycles. The summed E-state index contributed by atoms with van der Waals surface area (Å²) in [6, 6.07) is 0. The van der Waals surface area contributed by atoms with Gasteiger partial charge < -0.3 is 24.1 Å². The molecule has 1 N–H and O–H groups in total. The molecule has 0 bridgehead atoms. The van der Waals surface area contributed by atoms with Crippen LogP contribution in [0.2, 0.25) is 0 Å². The van der Waals surface area contributed by atoms with E-state index in [1.807, 2.05) is 0 Å². The van der Waals surface area contributed by atoms with Crippen molar-refractivity contribution in [3.8, 4) is 0 Å². The molecule has 0 fully saturated rings. The molecule has 168 valence electrons. The van der Waals surface area contributed by atoms with Crippen LogP contribution in [0.3, 0.4) is 0 Å². The standard InChI is InChI=1S/C19H39NO7S.Na/c1-4-6-8-10-14-26-19(3,27-15-11-9-7-5-2)17-25-18(21)20-13-12-16-28(22,23)24;/h4-17H2,1-3H3,(H,20,21)(H,22,23,24);/q;+1/p-1. The Balaban J connectivity index is 0. The van der Waals surface area contributed by atoms with Crippen LogP contribution < -0.4 is 34.9 Å². The van der Waals surface area contributed by atoms with E-state index in [0.29, 0.717) is 13.2 Å². The van der Waals surface area contributed by atoms with Gasteiger partial charge in [0, 0.05) is 12.3 Å². The molecule has 0 radical (unpaired) electrons. The summed E-state index contributed by atoms with van der Waals surface area (Å²) in [6.45, 7) is 7.07. The van der Waals surface area contributed by atoms with Gasteiger partial charge in [-0.25, -0.2) is 13.2 Å². The van der Waals surface area contributed by atoms with E-state index in [1.54, 1.807) is 6.92 Å². The minimum absolute atomic E-state index is 0. The smallest absolute Gasteiger partial charge is 0.748 e. The first-order valence-corrected chi connectivity index (χ1v) is 11.9. The minimum Gasteiger partial charge on any atom is -0.748 e. The maximum absolute atomic E-state index is 11.8. The molecule has 0 aromatic carbocycles. The van der Waals surface area contributed by atoms with Crippen LogP contribution in [0.25, 0.3) is 0 Å². The molecule has 0 aliphatic rings. The molecule has 0 heterocycles. The largest absolute Gasteiger partial charge is 1.00 e. The maximum atomic E-state index is 11.8. The summed E-state index contributed by atoms with van der Waals surface area (Å²) in [5.74, 6) is -1.54. The zero-order valence-corrected chi connectivity index (χ0v) is 21.5. The van der Waals surface area contributed by atoms with Crippen molar-refractivity contribution < 1.29 is 61.5 Å². The van der Waals surface area contributed by atoms with Crippen LogP contribution in [-0.2, 0) is 24.3 Å². The van der Waals surface area contributed by atoms with E-state index in [1.165, 1.54) is 0 Å². The number of carbonyl (C=O) groups is 1. The molecule has 0 aliphatic carbocycles. The average molecular weight is 448 g/mol. The van der Waals surface area contributed by atoms with E-state index in [-0.39, 0.29) is 49.1 Å². The second-order valence-electron chi connectivity index (χ2n) is 7.07. The van der Waals surface area contributed by atoms with Gasteiger partial charge in [-0.05, 0) is 26.2 Å². The molecular weight excluding hydrogens is 409 g/mol. The topological polar surface area (TPSA) is 114 Å². The zero-order chi connectivity index (χ0) is 21.3. The maximum Gasteiger partial charge on any atom is 1.00 e. The van der Waals surface area contributed by atoms with Crippen LogP contribution in [0, 0.1) is 0 Å². The predicted molar refractivity (Wildman–Crippen MR) is 107 cm³/mol. The first kappa shape index (κ1) is 31.3. The van der Waals surface area contributed by atoms with Crippen molar-refractivity contribution in [2.45, 2.75) is 84.3 Å². The minimum atomic E-state index is -4.27. The molecule has 0 unspecified atom stereocenters. The van der Waals surface area contributed by atoms with Crippen molar-refractivity contribution in [2.24, 2.45) is 0 Å². The Morgan fingerprint density at radius 1 is 0.931 bits per heavy atom. The molecule has 0 saturated heterocycles. The predicted octanol–water partition coefficient (Wildman–Crippen LogP) is 0.562. The van der Waals surface area contributed by atoms with Gasteiger partial charge in [-0.1, -0.05) is 52.4 Å². The van der Waals surface area contributed by atoms with Crippen molar-refractivity contribution in [1.82, 2.24) is 5.32 Å². The third-order valence-corrected chi connectivity index (χ3v) is 4.91. The number of nitrogens with one attached hydrogen (secondary N) is 1. The van der Waals surface area contributed by atoms with Crippen LogP contribution in [0.15, 0.2) is 0 Å². The summed E-state index contributed by atoms with van der Waals surface area (Å²) >= 11 is 0. The van der Waals surface area contributed by atoms with E-state index in [9.17, 15) is 17.8 Å². The number of hydrogen-bond donors (Lipinski definition) is 1. The molecule has 29 heavy (non-hydrogen) atoms. The Morgan fingerprint density at radius 3 is 1.90 bits per heavy atom. The fraction of sp³-hybridized carbons (Fsp3) is 0.947. The summed E-state index contributed by atoms with van der Waals surface area (Å²) in [4.78, 5) is 11.8. The van der Waals surface area contributed by atoms with Crippen molar-refractivity contribution in [2.75, 3.05) is 32.1 Å². The van der Waals surface area contributed by atoms with E-state index < -0.39 is 27.8 Å². The van der Waals surface area contributed by atoms with Crippen LogP contribution in [-0.4, -0.2) is 57.0 Å². The molecule has 1 amide bonds.